The molecule has 0 spiro atoms. The predicted octanol–water partition coefficient (Wildman–Crippen LogP) is 1.89. The van der Waals surface area contributed by atoms with Crippen LogP contribution in [-0.4, -0.2) is 23.1 Å². The third-order valence-corrected chi connectivity index (χ3v) is 3.92. The Labute approximate surface area is 126 Å². The first kappa shape index (κ1) is 17.0. The summed E-state index contributed by atoms with van der Waals surface area (Å²) >= 11 is 0. The van der Waals surface area contributed by atoms with E-state index in [4.69, 9.17) is 10.3 Å². The number of amides is 1. The van der Waals surface area contributed by atoms with Crippen LogP contribution in [0.15, 0.2) is 4.52 Å². The second-order valence-corrected chi connectivity index (χ2v) is 5.69. The smallest absolute Gasteiger partial charge is 0.223 e. The zero-order valence-electron chi connectivity index (χ0n) is 12.3. The topological polar surface area (TPSA) is 81.2 Å². The molecule has 0 aliphatic heterocycles. The van der Waals surface area contributed by atoms with Crippen molar-refractivity contribution in [1.82, 2.24) is 10.5 Å². The number of aryl methyl sites for hydroxylation is 2. The average molecular weight is 302 g/mol. The monoisotopic (exact) mass is 301 g/mol. The van der Waals surface area contributed by atoms with Crippen molar-refractivity contribution < 1.29 is 9.32 Å². The summed E-state index contributed by atoms with van der Waals surface area (Å²) in [4.78, 5) is 12.1. The molecule has 2 rings (SSSR count). The molecule has 1 aliphatic rings. The Kier molecular flexibility index (Phi) is 6.02. The van der Waals surface area contributed by atoms with E-state index < -0.39 is 0 Å². The second kappa shape index (κ2) is 7.09. The number of nitrogens with one attached hydrogen (secondary N) is 1. The summed E-state index contributed by atoms with van der Waals surface area (Å²) in [6.07, 6.45) is 3.43. The number of nitrogens with zero attached hydrogens (tertiary/aromatic N) is 1. The lowest BCUT2D eigenvalue weighted by atomic mass is 10.0. The van der Waals surface area contributed by atoms with Gasteiger partial charge in [-0.25, -0.2) is 0 Å². The van der Waals surface area contributed by atoms with Gasteiger partial charge in [-0.05, 0) is 46.5 Å². The highest BCUT2D eigenvalue weighted by molar-refractivity contribution is 5.85. The number of rotatable bonds is 4. The molecule has 0 saturated heterocycles. The van der Waals surface area contributed by atoms with Gasteiger partial charge in [-0.2, -0.15) is 0 Å². The summed E-state index contributed by atoms with van der Waals surface area (Å²) in [6, 6.07) is 0.273. The molecule has 3 atom stereocenters. The maximum atomic E-state index is 12.1. The molecule has 1 saturated carbocycles. The van der Waals surface area contributed by atoms with Crippen LogP contribution in [0.25, 0.3) is 0 Å². The van der Waals surface area contributed by atoms with Crippen molar-refractivity contribution in [1.29, 1.82) is 0 Å². The third-order valence-electron chi connectivity index (χ3n) is 3.92. The van der Waals surface area contributed by atoms with E-state index in [9.17, 15) is 4.79 Å². The summed E-state index contributed by atoms with van der Waals surface area (Å²) in [5.74, 6) is 1.05. The second-order valence-electron chi connectivity index (χ2n) is 5.69. The van der Waals surface area contributed by atoms with E-state index in [0.717, 1.165) is 42.7 Å². The lowest BCUT2D eigenvalue weighted by Crippen LogP contribution is -2.38. The fourth-order valence-corrected chi connectivity index (χ4v) is 2.77. The molecule has 5 nitrogen and oxygen atoms in total. The van der Waals surface area contributed by atoms with Crippen LogP contribution in [0.5, 0.6) is 0 Å². The number of halogens is 1. The van der Waals surface area contributed by atoms with Crippen LogP contribution in [0.2, 0.25) is 0 Å². The van der Waals surface area contributed by atoms with Gasteiger partial charge >= 0.3 is 0 Å². The number of carbonyl (C=O) groups excluding carboxylic acids is 1. The van der Waals surface area contributed by atoms with Crippen molar-refractivity contribution >= 4 is 18.3 Å². The van der Waals surface area contributed by atoms with Crippen LogP contribution in [0.1, 0.15) is 43.2 Å². The molecule has 114 valence electrons. The molecular weight excluding hydrogens is 278 g/mol. The van der Waals surface area contributed by atoms with Crippen LogP contribution in [0.3, 0.4) is 0 Å². The molecule has 0 bridgehead atoms. The highest BCUT2D eigenvalue weighted by atomic mass is 35.5. The van der Waals surface area contributed by atoms with Gasteiger partial charge in [0.05, 0.1) is 5.69 Å². The molecular formula is C14H24ClN3O2. The largest absolute Gasteiger partial charge is 0.361 e. The van der Waals surface area contributed by atoms with E-state index in [1.807, 2.05) is 20.8 Å². The summed E-state index contributed by atoms with van der Waals surface area (Å²) in [5.41, 5.74) is 7.84. The normalized spacial score (nSPS) is 23.2. The van der Waals surface area contributed by atoms with Crippen LogP contribution in [0, 0.1) is 19.8 Å². The van der Waals surface area contributed by atoms with Gasteiger partial charge in [-0.1, -0.05) is 5.16 Å². The van der Waals surface area contributed by atoms with Gasteiger partial charge in [0.2, 0.25) is 5.91 Å². The minimum absolute atomic E-state index is 0. The van der Waals surface area contributed by atoms with Crippen molar-refractivity contribution in [2.24, 2.45) is 11.7 Å². The number of carbonyl (C=O) groups is 1. The quantitative estimate of drug-likeness (QED) is 0.890. The Morgan fingerprint density at radius 2 is 2.20 bits per heavy atom. The van der Waals surface area contributed by atoms with E-state index in [2.05, 4.69) is 10.5 Å². The molecule has 1 fully saturated rings. The maximum absolute atomic E-state index is 12.1. The highest BCUT2D eigenvalue weighted by Crippen LogP contribution is 2.24. The fraction of sp³-hybridized carbons (Fsp3) is 0.714. The van der Waals surface area contributed by atoms with Crippen molar-refractivity contribution in [3.8, 4) is 0 Å². The number of hydrogen-bond acceptors (Lipinski definition) is 4. The minimum Gasteiger partial charge on any atom is -0.361 e. The van der Waals surface area contributed by atoms with Gasteiger partial charge in [0.1, 0.15) is 5.76 Å². The molecule has 0 aromatic carbocycles. The van der Waals surface area contributed by atoms with Gasteiger partial charge < -0.3 is 15.6 Å². The van der Waals surface area contributed by atoms with Gasteiger partial charge in [0, 0.05) is 23.6 Å². The summed E-state index contributed by atoms with van der Waals surface area (Å²) in [6.45, 7) is 5.84. The predicted molar refractivity (Wildman–Crippen MR) is 79.9 cm³/mol. The van der Waals surface area contributed by atoms with E-state index in [0.29, 0.717) is 0 Å². The molecule has 0 radical (unpaired) electrons. The number of aromatic nitrogens is 1. The minimum atomic E-state index is 0. The molecule has 6 heteroatoms. The van der Waals surface area contributed by atoms with E-state index in [1.165, 1.54) is 0 Å². The zero-order chi connectivity index (χ0) is 14.0. The summed E-state index contributed by atoms with van der Waals surface area (Å²) in [7, 11) is 0. The Hall–Kier alpha value is -1.07. The first-order valence-corrected chi connectivity index (χ1v) is 6.95. The van der Waals surface area contributed by atoms with Crippen molar-refractivity contribution in [2.75, 3.05) is 0 Å². The Morgan fingerprint density at radius 1 is 1.50 bits per heavy atom. The fourth-order valence-electron chi connectivity index (χ4n) is 2.77. The van der Waals surface area contributed by atoms with Crippen LogP contribution < -0.4 is 11.1 Å². The first-order valence-electron chi connectivity index (χ1n) is 6.95. The lowest BCUT2D eigenvalue weighted by molar-refractivity contribution is -0.125. The molecule has 1 aromatic heterocycles. The maximum Gasteiger partial charge on any atom is 0.223 e. The standard InChI is InChI=1S/C14H23N3O2.ClH/c1-8(6-13-9(2)17-19-10(13)3)16-14(18)11-4-5-12(15)7-11;/h8,11-12H,4-7,15H2,1-3H3,(H,16,18);1H. The number of nitrogens with two attached hydrogens (primary N) is 1. The number of hydrogen-bond donors (Lipinski definition) is 2. The molecule has 20 heavy (non-hydrogen) atoms. The molecule has 1 heterocycles. The Balaban J connectivity index is 0.00000200. The van der Waals surface area contributed by atoms with Gasteiger partial charge in [-0.15, -0.1) is 12.4 Å². The third kappa shape index (κ3) is 3.96. The molecule has 1 amide bonds. The Bertz CT molecular complexity index is 442. The zero-order valence-corrected chi connectivity index (χ0v) is 13.1. The van der Waals surface area contributed by atoms with Crippen molar-refractivity contribution in [2.45, 2.75) is 58.5 Å². The van der Waals surface area contributed by atoms with E-state index >= 15 is 0 Å². The lowest BCUT2D eigenvalue weighted by Gasteiger charge is -2.17. The van der Waals surface area contributed by atoms with Gasteiger partial charge in [-0.3, -0.25) is 4.79 Å². The van der Waals surface area contributed by atoms with Crippen molar-refractivity contribution in [3.63, 3.8) is 0 Å². The van der Waals surface area contributed by atoms with Crippen LogP contribution >= 0.6 is 12.4 Å². The highest BCUT2D eigenvalue weighted by Gasteiger charge is 2.28. The Morgan fingerprint density at radius 3 is 2.70 bits per heavy atom. The van der Waals surface area contributed by atoms with Gasteiger partial charge in [0.25, 0.3) is 0 Å². The van der Waals surface area contributed by atoms with E-state index in [-0.39, 0.29) is 36.3 Å². The molecule has 3 unspecified atom stereocenters. The van der Waals surface area contributed by atoms with Crippen LogP contribution in [0.4, 0.5) is 0 Å². The summed E-state index contributed by atoms with van der Waals surface area (Å²) < 4.78 is 5.14. The summed E-state index contributed by atoms with van der Waals surface area (Å²) in [5, 5.41) is 7.00. The molecule has 1 aromatic rings. The van der Waals surface area contributed by atoms with E-state index in [1.54, 1.807) is 0 Å². The molecule has 1 aliphatic carbocycles. The van der Waals surface area contributed by atoms with Crippen LogP contribution in [-0.2, 0) is 11.2 Å². The van der Waals surface area contributed by atoms with Gasteiger partial charge in [0.15, 0.2) is 0 Å². The molecule has 3 N–H and O–H groups in total. The first-order chi connectivity index (χ1) is 8.97. The average Bonchev–Trinajstić information content (AvgIpc) is 2.90. The SMILES string of the molecule is Cc1noc(C)c1CC(C)NC(=O)C1CCC(N)C1.Cl. The van der Waals surface area contributed by atoms with Crippen molar-refractivity contribution in [3.05, 3.63) is 17.0 Å².